The summed E-state index contributed by atoms with van der Waals surface area (Å²) >= 11 is 5.37. The molecule has 0 atom stereocenters. The second kappa shape index (κ2) is 7.72. The molecule has 0 radical (unpaired) electrons. The van der Waals surface area contributed by atoms with Gasteiger partial charge in [0.1, 0.15) is 5.75 Å². The summed E-state index contributed by atoms with van der Waals surface area (Å²) in [7, 11) is 1.69. The molecule has 106 valence electrons. The van der Waals surface area contributed by atoms with E-state index in [1.165, 1.54) is 15.4 Å². The van der Waals surface area contributed by atoms with Gasteiger partial charge in [-0.05, 0) is 42.4 Å². The van der Waals surface area contributed by atoms with Crippen LogP contribution in [-0.2, 0) is 6.54 Å². The first kappa shape index (κ1) is 15.4. The topological polar surface area (TPSA) is 21.3 Å². The zero-order chi connectivity index (χ0) is 14.4. The van der Waals surface area contributed by atoms with Gasteiger partial charge in [-0.15, -0.1) is 0 Å². The zero-order valence-electron chi connectivity index (χ0n) is 11.7. The lowest BCUT2D eigenvalue weighted by molar-refractivity contribution is 0.413. The monoisotopic (exact) mass is 351 g/mol. The van der Waals surface area contributed by atoms with E-state index < -0.39 is 0 Å². The van der Waals surface area contributed by atoms with Crippen molar-refractivity contribution in [2.24, 2.45) is 0 Å². The molecular formula is C16H18BrNOS. The highest BCUT2D eigenvalue weighted by atomic mass is 79.9. The molecule has 0 fully saturated rings. The molecule has 2 aromatic rings. The Bertz CT molecular complexity index is 574. The van der Waals surface area contributed by atoms with E-state index in [2.05, 4.69) is 52.4 Å². The van der Waals surface area contributed by atoms with E-state index in [4.69, 9.17) is 4.74 Å². The van der Waals surface area contributed by atoms with Crippen LogP contribution in [0.3, 0.4) is 0 Å². The highest BCUT2D eigenvalue weighted by Gasteiger charge is 2.04. The molecule has 20 heavy (non-hydrogen) atoms. The minimum Gasteiger partial charge on any atom is -0.497 e. The zero-order valence-corrected chi connectivity index (χ0v) is 14.1. The summed E-state index contributed by atoms with van der Waals surface area (Å²) < 4.78 is 6.39. The largest absolute Gasteiger partial charge is 0.497 e. The van der Waals surface area contributed by atoms with Crippen LogP contribution in [0, 0.1) is 0 Å². The van der Waals surface area contributed by atoms with Crippen LogP contribution in [0.4, 0.5) is 0 Å². The molecule has 0 bridgehead atoms. The first-order valence-electron chi connectivity index (χ1n) is 6.54. The van der Waals surface area contributed by atoms with E-state index in [0.29, 0.717) is 0 Å². The summed E-state index contributed by atoms with van der Waals surface area (Å²) in [6.45, 7) is 3.98. The molecule has 0 saturated heterocycles. The maximum atomic E-state index is 5.25. The third kappa shape index (κ3) is 4.27. The van der Waals surface area contributed by atoms with Gasteiger partial charge < -0.3 is 10.1 Å². The highest BCUT2D eigenvalue weighted by molar-refractivity contribution is 9.10. The van der Waals surface area contributed by atoms with E-state index in [-0.39, 0.29) is 0 Å². The van der Waals surface area contributed by atoms with Gasteiger partial charge in [0.2, 0.25) is 0 Å². The summed E-state index contributed by atoms with van der Waals surface area (Å²) in [5, 5.41) is 3.34. The van der Waals surface area contributed by atoms with Crippen LogP contribution in [0.5, 0.6) is 5.75 Å². The molecule has 0 aromatic heterocycles. The number of halogens is 1. The fourth-order valence-electron chi connectivity index (χ4n) is 1.80. The summed E-state index contributed by atoms with van der Waals surface area (Å²) in [4.78, 5) is 2.39. The van der Waals surface area contributed by atoms with Crippen molar-refractivity contribution in [3.8, 4) is 5.75 Å². The van der Waals surface area contributed by atoms with Crippen molar-refractivity contribution >= 4 is 27.7 Å². The summed E-state index contributed by atoms with van der Waals surface area (Å²) in [6.07, 6.45) is 0. The maximum absolute atomic E-state index is 5.25. The molecule has 0 aliphatic rings. The minimum atomic E-state index is 0.887. The normalized spacial score (nSPS) is 10.6. The molecule has 0 saturated carbocycles. The van der Waals surface area contributed by atoms with Gasteiger partial charge >= 0.3 is 0 Å². The van der Waals surface area contributed by atoms with Crippen LogP contribution in [0.15, 0.2) is 56.7 Å². The molecule has 0 aliphatic heterocycles. The number of hydrogen-bond acceptors (Lipinski definition) is 3. The van der Waals surface area contributed by atoms with Gasteiger partial charge in [0.15, 0.2) is 0 Å². The second-order valence-corrected chi connectivity index (χ2v) is 6.32. The van der Waals surface area contributed by atoms with Gasteiger partial charge in [-0.2, -0.15) is 0 Å². The first-order valence-corrected chi connectivity index (χ1v) is 8.15. The molecule has 0 heterocycles. The van der Waals surface area contributed by atoms with Gasteiger partial charge in [0.25, 0.3) is 0 Å². The number of ether oxygens (including phenoxy) is 1. The lowest BCUT2D eigenvalue weighted by Gasteiger charge is -2.08. The van der Waals surface area contributed by atoms with E-state index in [9.17, 15) is 0 Å². The van der Waals surface area contributed by atoms with Crippen LogP contribution < -0.4 is 10.1 Å². The summed E-state index contributed by atoms with van der Waals surface area (Å²) in [5.74, 6) is 0.887. The fraction of sp³-hybridized carbons (Fsp3) is 0.250. The van der Waals surface area contributed by atoms with Gasteiger partial charge in [0, 0.05) is 20.8 Å². The molecule has 1 N–H and O–H groups in total. The molecule has 2 aromatic carbocycles. The van der Waals surface area contributed by atoms with Crippen molar-refractivity contribution in [1.29, 1.82) is 0 Å². The predicted molar refractivity (Wildman–Crippen MR) is 88.6 cm³/mol. The van der Waals surface area contributed by atoms with Crippen LogP contribution >= 0.6 is 27.7 Å². The Hall–Kier alpha value is -0.970. The third-order valence-corrected chi connectivity index (χ3v) is 4.58. The van der Waals surface area contributed by atoms with Crippen molar-refractivity contribution in [2.45, 2.75) is 23.3 Å². The number of hydrogen-bond donors (Lipinski definition) is 1. The number of benzene rings is 2. The molecule has 0 aliphatic carbocycles. The van der Waals surface area contributed by atoms with Crippen molar-refractivity contribution in [3.63, 3.8) is 0 Å². The van der Waals surface area contributed by atoms with Gasteiger partial charge in [-0.25, -0.2) is 0 Å². The quantitative estimate of drug-likeness (QED) is 0.813. The summed E-state index contributed by atoms with van der Waals surface area (Å²) in [5.41, 5.74) is 1.28. The lowest BCUT2D eigenvalue weighted by Crippen LogP contribution is -2.11. The van der Waals surface area contributed by atoms with Crippen molar-refractivity contribution < 1.29 is 4.74 Å². The van der Waals surface area contributed by atoms with E-state index in [1.807, 2.05) is 18.2 Å². The summed E-state index contributed by atoms with van der Waals surface area (Å²) in [6, 6.07) is 14.6. The Morgan fingerprint density at radius 1 is 1.15 bits per heavy atom. The van der Waals surface area contributed by atoms with Gasteiger partial charge in [-0.1, -0.05) is 46.7 Å². The van der Waals surface area contributed by atoms with Crippen LogP contribution in [0.1, 0.15) is 12.5 Å². The first-order chi connectivity index (χ1) is 9.72. The predicted octanol–water partition coefficient (Wildman–Crippen LogP) is 4.72. The molecule has 2 nitrogen and oxygen atoms in total. The Morgan fingerprint density at radius 2 is 1.95 bits per heavy atom. The SMILES string of the molecule is CCNCc1ccc(Sc2cccc(OC)c2)cc1Br. The molecular weight excluding hydrogens is 334 g/mol. The average molecular weight is 352 g/mol. The Labute approximate surface area is 133 Å². The lowest BCUT2D eigenvalue weighted by atomic mass is 10.2. The Morgan fingerprint density at radius 3 is 2.65 bits per heavy atom. The molecule has 4 heteroatoms. The van der Waals surface area contributed by atoms with Crippen LogP contribution in [-0.4, -0.2) is 13.7 Å². The van der Waals surface area contributed by atoms with Gasteiger partial charge in [0.05, 0.1) is 7.11 Å². The Balaban J connectivity index is 2.11. The molecule has 0 unspecified atom stereocenters. The molecule has 0 spiro atoms. The third-order valence-electron chi connectivity index (χ3n) is 2.87. The van der Waals surface area contributed by atoms with Crippen molar-refractivity contribution in [1.82, 2.24) is 5.32 Å². The molecule has 0 amide bonds. The van der Waals surface area contributed by atoms with Crippen molar-refractivity contribution in [2.75, 3.05) is 13.7 Å². The second-order valence-electron chi connectivity index (χ2n) is 4.31. The number of nitrogens with one attached hydrogen (secondary N) is 1. The smallest absolute Gasteiger partial charge is 0.119 e. The molecule has 2 rings (SSSR count). The van der Waals surface area contributed by atoms with Crippen molar-refractivity contribution in [3.05, 3.63) is 52.5 Å². The standard InChI is InChI=1S/C16H18BrNOS/c1-3-18-11-12-7-8-15(10-16(12)17)20-14-6-4-5-13(9-14)19-2/h4-10,18H,3,11H2,1-2H3. The number of rotatable bonds is 6. The van der Waals surface area contributed by atoms with E-state index in [1.54, 1.807) is 18.9 Å². The van der Waals surface area contributed by atoms with Gasteiger partial charge in [-0.3, -0.25) is 0 Å². The fourth-order valence-corrected chi connectivity index (χ4v) is 3.37. The minimum absolute atomic E-state index is 0.887. The van der Waals surface area contributed by atoms with E-state index >= 15 is 0 Å². The van der Waals surface area contributed by atoms with E-state index in [0.717, 1.165) is 23.3 Å². The van der Waals surface area contributed by atoms with Crippen LogP contribution in [0.2, 0.25) is 0 Å². The van der Waals surface area contributed by atoms with Crippen LogP contribution in [0.25, 0.3) is 0 Å². The Kier molecular flexibility index (Phi) is 5.95. The maximum Gasteiger partial charge on any atom is 0.119 e. The number of methoxy groups -OCH3 is 1. The highest BCUT2D eigenvalue weighted by Crippen LogP contribution is 2.32. The average Bonchev–Trinajstić information content (AvgIpc) is 2.47.